The number of unbranched alkanes of at least 4 members (excludes halogenated alkanes) is 57. The number of carboxylic acid groups (broad SMARTS) is 1. The number of esters is 2. The van der Waals surface area contributed by atoms with E-state index in [1.807, 2.05) is 21.1 Å². The third-order valence-corrected chi connectivity index (χ3v) is 18.0. The van der Waals surface area contributed by atoms with Crippen molar-refractivity contribution in [3.8, 4) is 0 Å². The van der Waals surface area contributed by atoms with E-state index >= 15 is 0 Å². The molecule has 0 aromatic rings. The summed E-state index contributed by atoms with van der Waals surface area (Å²) >= 11 is 0. The molecule has 87 heavy (non-hydrogen) atoms. The van der Waals surface area contributed by atoms with Crippen LogP contribution in [0.25, 0.3) is 0 Å². The zero-order valence-corrected chi connectivity index (χ0v) is 59.2. The van der Waals surface area contributed by atoms with E-state index in [1.54, 1.807) is 0 Å². The molecule has 0 aliphatic heterocycles. The van der Waals surface area contributed by atoms with Crippen LogP contribution in [0.3, 0.4) is 0 Å². The van der Waals surface area contributed by atoms with E-state index < -0.39 is 18.4 Å². The van der Waals surface area contributed by atoms with E-state index in [4.69, 9.17) is 18.9 Å². The molecule has 0 aromatic heterocycles. The van der Waals surface area contributed by atoms with Gasteiger partial charge in [-0.15, -0.1) is 0 Å². The fourth-order valence-corrected chi connectivity index (χ4v) is 12.1. The second-order valence-electron chi connectivity index (χ2n) is 28.0. The average molecular weight is 1230 g/mol. The normalized spacial score (nSPS) is 12.6. The maximum Gasteiger partial charge on any atom is 0.361 e. The van der Waals surface area contributed by atoms with Gasteiger partial charge in [0.25, 0.3) is 6.29 Å². The van der Waals surface area contributed by atoms with E-state index in [9.17, 15) is 19.5 Å². The maximum atomic E-state index is 13.0. The highest BCUT2D eigenvalue weighted by atomic mass is 16.7. The molecule has 1 N–H and O–H groups in total. The first kappa shape index (κ1) is 85.0. The fraction of sp³-hybridized carbons (Fsp3) is 0.936. The van der Waals surface area contributed by atoms with Gasteiger partial charge >= 0.3 is 17.9 Å². The van der Waals surface area contributed by atoms with Gasteiger partial charge in [-0.1, -0.05) is 373 Å². The van der Waals surface area contributed by atoms with Crippen molar-refractivity contribution in [1.29, 1.82) is 0 Å². The van der Waals surface area contributed by atoms with Gasteiger partial charge in [-0.05, 0) is 38.5 Å². The van der Waals surface area contributed by atoms with E-state index in [0.29, 0.717) is 17.4 Å². The number of carbonyl (C=O) groups excluding carboxylic acids is 2. The molecule has 0 heterocycles. The lowest BCUT2D eigenvalue weighted by Crippen LogP contribution is -2.40. The van der Waals surface area contributed by atoms with Crippen LogP contribution in [0.15, 0.2) is 12.2 Å². The topological polar surface area (TPSA) is 108 Å². The number of likely N-dealkylation sites (N-methyl/N-ethyl adjacent to an activating group) is 1. The zero-order valence-electron chi connectivity index (χ0n) is 59.2. The number of hydrogen-bond donors (Lipinski definition) is 1. The quantitative estimate of drug-likeness (QED) is 0.0211. The van der Waals surface area contributed by atoms with Crippen molar-refractivity contribution in [2.45, 2.75) is 424 Å². The van der Waals surface area contributed by atoms with E-state index in [-0.39, 0.29) is 38.2 Å². The van der Waals surface area contributed by atoms with E-state index in [0.717, 1.165) is 38.5 Å². The minimum Gasteiger partial charge on any atom is -0.477 e. The minimum atomic E-state index is -1.51. The van der Waals surface area contributed by atoms with Crippen molar-refractivity contribution in [1.82, 2.24) is 0 Å². The lowest BCUT2D eigenvalue weighted by atomic mass is 10.0. The molecule has 0 amide bonds. The van der Waals surface area contributed by atoms with Crippen LogP contribution < -0.4 is 0 Å². The molecule has 2 atom stereocenters. The summed E-state index contributed by atoms with van der Waals surface area (Å²) < 4.78 is 23.1. The van der Waals surface area contributed by atoms with Gasteiger partial charge in [0.1, 0.15) is 13.2 Å². The van der Waals surface area contributed by atoms with Gasteiger partial charge in [-0.2, -0.15) is 0 Å². The van der Waals surface area contributed by atoms with Crippen molar-refractivity contribution in [3.05, 3.63) is 12.2 Å². The molecule has 0 aromatic carbocycles. The van der Waals surface area contributed by atoms with Crippen molar-refractivity contribution in [2.75, 3.05) is 47.5 Å². The van der Waals surface area contributed by atoms with Crippen LogP contribution in [0.1, 0.15) is 412 Å². The number of quaternary nitrogens is 1. The Morgan fingerprint density at radius 2 is 0.586 bits per heavy atom. The molecular formula is C78H152NO8+. The van der Waals surface area contributed by atoms with Crippen LogP contribution in [0.5, 0.6) is 0 Å². The summed E-state index contributed by atoms with van der Waals surface area (Å²) in [6, 6.07) is 0. The molecule has 0 saturated heterocycles. The molecular weight excluding hydrogens is 1080 g/mol. The van der Waals surface area contributed by atoms with Crippen molar-refractivity contribution >= 4 is 17.9 Å². The largest absolute Gasteiger partial charge is 0.477 e. The van der Waals surface area contributed by atoms with Gasteiger partial charge < -0.3 is 28.5 Å². The predicted octanol–water partition coefficient (Wildman–Crippen LogP) is 24.4. The van der Waals surface area contributed by atoms with Crippen LogP contribution in [0.4, 0.5) is 0 Å². The van der Waals surface area contributed by atoms with Crippen LogP contribution in [-0.4, -0.2) is 87.4 Å². The van der Waals surface area contributed by atoms with Crippen LogP contribution in [0.2, 0.25) is 0 Å². The molecule has 0 saturated carbocycles. The Hall–Kier alpha value is -1.97. The van der Waals surface area contributed by atoms with Crippen LogP contribution in [0, 0.1) is 0 Å². The third kappa shape index (κ3) is 71.3. The first-order chi connectivity index (χ1) is 42.6. The van der Waals surface area contributed by atoms with Crippen molar-refractivity contribution in [3.63, 3.8) is 0 Å². The smallest absolute Gasteiger partial charge is 0.361 e. The van der Waals surface area contributed by atoms with Gasteiger partial charge in [0.05, 0.1) is 34.4 Å². The highest BCUT2D eigenvalue weighted by molar-refractivity contribution is 5.71. The van der Waals surface area contributed by atoms with Gasteiger partial charge in [0.15, 0.2) is 6.10 Å². The van der Waals surface area contributed by atoms with E-state index in [2.05, 4.69) is 26.0 Å². The molecule has 9 nitrogen and oxygen atoms in total. The Morgan fingerprint density at radius 3 is 0.851 bits per heavy atom. The highest BCUT2D eigenvalue weighted by Gasteiger charge is 2.25. The zero-order chi connectivity index (χ0) is 63.3. The molecule has 0 aliphatic rings. The molecule has 9 heteroatoms. The van der Waals surface area contributed by atoms with Gasteiger partial charge in [0.2, 0.25) is 0 Å². The van der Waals surface area contributed by atoms with Crippen LogP contribution >= 0.6 is 0 Å². The summed E-state index contributed by atoms with van der Waals surface area (Å²) in [5.41, 5.74) is 0. The maximum absolute atomic E-state index is 13.0. The lowest BCUT2D eigenvalue weighted by Gasteiger charge is -2.25. The molecule has 0 fully saturated rings. The Bertz CT molecular complexity index is 1430. The number of aliphatic carboxylic acids is 1. The molecule has 0 spiro atoms. The number of rotatable bonds is 74. The molecule has 2 unspecified atom stereocenters. The molecule has 0 rings (SSSR count). The van der Waals surface area contributed by atoms with Gasteiger partial charge in [-0.25, -0.2) is 4.79 Å². The number of carboxylic acids is 1. The molecule has 0 radical (unpaired) electrons. The first-order valence-corrected chi connectivity index (χ1v) is 38.9. The Balaban J connectivity index is 3.98. The standard InChI is InChI=1S/C78H151NO8/c1-6-8-10-12-14-16-18-20-22-24-26-28-30-32-34-36-38-40-42-44-46-48-50-52-54-56-58-60-62-64-66-68-75(80)85-72-74(73-86-78(77(82)83)84-71-70-79(3,4)5)87-76(81)69-67-65-63-61-59-57-55-53-51-49-47-45-43-41-39-37-35-33-31-29-27-25-23-21-19-17-15-13-11-9-7-2/h25,27,74,78H,6-24,26,28-73H2,1-5H3/p+1/b27-25-. The molecule has 0 bridgehead atoms. The highest BCUT2D eigenvalue weighted by Crippen LogP contribution is 2.20. The number of nitrogens with zero attached hydrogens (tertiary/aromatic N) is 1. The summed E-state index contributed by atoms with van der Waals surface area (Å²) in [5, 5.41) is 9.76. The van der Waals surface area contributed by atoms with Gasteiger partial charge in [0, 0.05) is 12.8 Å². The Labute approximate surface area is 542 Å². The summed E-state index contributed by atoms with van der Waals surface area (Å²) in [4.78, 5) is 37.7. The number of ether oxygens (including phenoxy) is 4. The van der Waals surface area contributed by atoms with Crippen molar-refractivity contribution in [2.24, 2.45) is 0 Å². The van der Waals surface area contributed by atoms with E-state index in [1.165, 1.54) is 347 Å². The Morgan fingerprint density at radius 1 is 0.333 bits per heavy atom. The predicted molar refractivity (Wildman–Crippen MR) is 374 cm³/mol. The molecule has 516 valence electrons. The number of carbonyl (C=O) groups is 3. The van der Waals surface area contributed by atoms with Gasteiger partial charge in [-0.3, -0.25) is 9.59 Å². The SMILES string of the molecule is CCCCCCCCCC/C=C\CCCCCCCCCCCCCCCCCCCCCC(=O)OC(COC(=O)CCCCCCCCCCCCCCCCCCCCCCCCCCCCCCCCC)COC(OCC[N+](C)(C)C)C(=O)O. The monoisotopic (exact) mass is 1230 g/mol. The molecule has 0 aliphatic carbocycles. The second kappa shape index (κ2) is 69.9. The second-order valence-corrected chi connectivity index (χ2v) is 28.0. The average Bonchev–Trinajstić information content (AvgIpc) is 3.56. The van der Waals surface area contributed by atoms with Crippen LogP contribution in [-0.2, 0) is 33.3 Å². The summed E-state index contributed by atoms with van der Waals surface area (Å²) in [6.45, 7) is 4.97. The minimum absolute atomic E-state index is 0.173. The fourth-order valence-electron chi connectivity index (χ4n) is 12.1. The van der Waals surface area contributed by atoms with Crippen molar-refractivity contribution < 1.29 is 42.9 Å². The lowest BCUT2D eigenvalue weighted by molar-refractivity contribution is -0.870. The third-order valence-electron chi connectivity index (χ3n) is 18.0. The first-order valence-electron chi connectivity index (χ1n) is 38.9. The summed E-state index contributed by atoms with van der Waals surface area (Å²) in [5.74, 6) is -1.97. The summed E-state index contributed by atoms with van der Waals surface area (Å²) in [7, 11) is 6.00. The Kier molecular flexibility index (Phi) is 68.3. The number of hydrogen-bond acceptors (Lipinski definition) is 7. The summed E-state index contributed by atoms with van der Waals surface area (Å²) in [6.07, 6.45) is 83.6. The number of allylic oxidation sites excluding steroid dienone is 2.